The van der Waals surface area contributed by atoms with Gasteiger partial charge in [0.05, 0.1) is 18.9 Å². The number of anilines is 2. The number of morpholine rings is 1. The first kappa shape index (κ1) is 20.2. The molecule has 0 bridgehead atoms. The Morgan fingerprint density at radius 2 is 2.03 bits per heavy atom. The van der Waals surface area contributed by atoms with Crippen LogP contribution in [0.25, 0.3) is 11.4 Å². The summed E-state index contributed by atoms with van der Waals surface area (Å²) in [6.45, 7) is 2.98. The Morgan fingerprint density at radius 1 is 1.23 bits per heavy atom. The second-order valence-corrected chi connectivity index (χ2v) is 7.57. The third-order valence-corrected chi connectivity index (χ3v) is 5.50. The van der Waals surface area contributed by atoms with Crippen LogP contribution in [-0.2, 0) is 10.5 Å². The fourth-order valence-electron chi connectivity index (χ4n) is 3.01. The Hall–Kier alpha value is -3.11. The van der Waals surface area contributed by atoms with Crippen molar-refractivity contribution in [3.05, 3.63) is 48.4 Å². The second kappa shape index (κ2) is 9.59. The van der Waals surface area contributed by atoms with Gasteiger partial charge in [0.15, 0.2) is 11.0 Å². The van der Waals surface area contributed by atoms with Gasteiger partial charge in [-0.05, 0) is 24.3 Å². The molecule has 2 aromatic heterocycles. The minimum absolute atomic E-state index is 0.259. The van der Waals surface area contributed by atoms with Crippen LogP contribution in [0.15, 0.2) is 47.9 Å². The quantitative estimate of drug-likeness (QED) is 0.521. The molecule has 3 heterocycles. The van der Waals surface area contributed by atoms with Crippen LogP contribution < -0.4 is 15.5 Å². The van der Waals surface area contributed by atoms with E-state index in [4.69, 9.17) is 14.7 Å². The first-order valence-electron chi connectivity index (χ1n) is 9.63. The van der Waals surface area contributed by atoms with E-state index in [1.54, 1.807) is 31.2 Å². The summed E-state index contributed by atoms with van der Waals surface area (Å²) in [5.74, 6) is 2.22. The van der Waals surface area contributed by atoms with Crippen molar-refractivity contribution in [2.45, 2.75) is 10.9 Å². The van der Waals surface area contributed by atoms with E-state index in [1.165, 1.54) is 0 Å². The maximum atomic E-state index is 11.5. The minimum atomic E-state index is -0.259. The molecule has 1 saturated heterocycles. The van der Waals surface area contributed by atoms with Crippen LogP contribution in [0.5, 0.6) is 0 Å². The molecule has 30 heavy (non-hydrogen) atoms. The fourth-order valence-corrected chi connectivity index (χ4v) is 3.73. The SMILES string of the molecule is CNC(=O)Nc1ccc(-c2nc(CSc3ncc[nH]3)cc(N3CCOCC3)n2)cc1. The van der Waals surface area contributed by atoms with Crippen LogP contribution in [0, 0.1) is 0 Å². The summed E-state index contributed by atoms with van der Waals surface area (Å²) in [7, 11) is 1.58. The molecule has 1 aliphatic heterocycles. The number of hydrogen-bond donors (Lipinski definition) is 3. The fraction of sp³-hybridized carbons (Fsp3) is 0.300. The summed E-state index contributed by atoms with van der Waals surface area (Å²) in [6.07, 6.45) is 3.54. The molecule has 3 aromatic rings. The molecule has 156 valence electrons. The molecule has 0 spiro atoms. The van der Waals surface area contributed by atoms with Gasteiger partial charge in [-0.2, -0.15) is 0 Å². The third kappa shape index (κ3) is 5.08. The number of carbonyl (C=O) groups excluding carboxylic acids is 1. The summed E-state index contributed by atoms with van der Waals surface area (Å²) >= 11 is 1.60. The Kier molecular flexibility index (Phi) is 6.45. The lowest BCUT2D eigenvalue weighted by molar-refractivity contribution is 0.122. The molecule has 0 saturated carbocycles. The van der Waals surface area contributed by atoms with Crippen molar-refractivity contribution in [1.29, 1.82) is 0 Å². The average Bonchev–Trinajstić information content (AvgIpc) is 3.32. The number of aromatic amines is 1. The summed E-state index contributed by atoms with van der Waals surface area (Å²) in [6, 6.07) is 9.27. The molecule has 1 aromatic carbocycles. The van der Waals surface area contributed by atoms with Crippen molar-refractivity contribution in [3.8, 4) is 11.4 Å². The summed E-state index contributed by atoms with van der Waals surface area (Å²) < 4.78 is 5.48. The number of hydrogen-bond acceptors (Lipinski definition) is 7. The van der Waals surface area contributed by atoms with Gasteiger partial charge in [0.25, 0.3) is 0 Å². The van der Waals surface area contributed by atoms with Crippen LogP contribution in [0.1, 0.15) is 5.69 Å². The highest BCUT2D eigenvalue weighted by Gasteiger charge is 2.16. The molecular weight excluding hydrogens is 402 g/mol. The smallest absolute Gasteiger partial charge is 0.318 e. The summed E-state index contributed by atoms with van der Waals surface area (Å²) in [4.78, 5) is 30.7. The first-order valence-corrected chi connectivity index (χ1v) is 10.6. The topological polar surface area (TPSA) is 108 Å². The number of ether oxygens (including phenoxy) is 1. The van der Waals surface area contributed by atoms with Gasteiger partial charge in [-0.15, -0.1) is 0 Å². The normalized spacial score (nSPS) is 13.8. The number of H-pyrrole nitrogens is 1. The van der Waals surface area contributed by atoms with Crippen molar-refractivity contribution in [2.75, 3.05) is 43.6 Å². The lowest BCUT2D eigenvalue weighted by Gasteiger charge is -2.28. The highest BCUT2D eigenvalue weighted by atomic mass is 32.2. The van der Waals surface area contributed by atoms with Gasteiger partial charge >= 0.3 is 6.03 Å². The van der Waals surface area contributed by atoms with Crippen molar-refractivity contribution in [1.82, 2.24) is 25.3 Å². The Morgan fingerprint density at radius 3 is 2.73 bits per heavy atom. The number of amides is 2. The first-order chi connectivity index (χ1) is 14.7. The van der Waals surface area contributed by atoms with Crippen molar-refractivity contribution in [3.63, 3.8) is 0 Å². The predicted molar refractivity (Wildman–Crippen MR) is 117 cm³/mol. The molecule has 2 amide bonds. The molecule has 10 heteroatoms. The zero-order valence-corrected chi connectivity index (χ0v) is 17.4. The maximum absolute atomic E-state index is 11.5. The molecule has 1 fully saturated rings. The molecule has 0 radical (unpaired) electrons. The van der Waals surface area contributed by atoms with Crippen molar-refractivity contribution in [2.24, 2.45) is 0 Å². The van der Waals surface area contributed by atoms with E-state index in [0.717, 1.165) is 35.3 Å². The van der Waals surface area contributed by atoms with E-state index in [2.05, 4.69) is 25.5 Å². The van der Waals surface area contributed by atoms with Gasteiger partial charge in [0.2, 0.25) is 0 Å². The van der Waals surface area contributed by atoms with E-state index in [1.807, 2.05) is 30.3 Å². The molecule has 4 rings (SSSR count). The number of thioether (sulfide) groups is 1. The Bertz CT molecular complexity index is 973. The number of benzene rings is 1. The van der Waals surface area contributed by atoms with Gasteiger partial charge in [-0.3, -0.25) is 0 Å². The largest absolute Gasteiger partial charge is 0.378 e. The molecule has 0 aliphatic carbocycles. The molecule has 0 atom stereocenters. The lowest BCUT2D eigenvalue weighted by atomic mass is 10.2. The zero-order valence-electron chi connectivity index (χ0n) is 16.6. The van der Waals surface area contributed by atoms with E-state index < -0.39 is 0 Å². The molecule has 1 aliphatic rings. The zero-order chi connectivity index (χ0) is 20.8. The van der Waals surface area contributed by atoms with Crippen LogP contribution in [-0.4, -0.2) is 59.3 Å². The average molecular weight is 426 g/mol. The Balaban J connectivity index is 1.60. The Labute approximate surface area is 178 Å². The summed E-state index contributed by atoms with van der Waals surface area (Å²) in [5, 5.41) is 6.14. The van der Waals surface area contributed by atoms with Crippen LogP contribution in [0.3, 0.4) is 0 Å². The molecule has 3 N–H and O–H groups in total. The predicted octanol–water partition coefficient (Wildman–Crippen LogP) is 2.75. The van der Waals surface area contributed by atoms with E-state index in [9.17, 15) is 4.79 Å². The van der Waals surface area contributed by atoms with Crippen LogP contribution in [0.4, 0.5) is 16.3 Å². The van der Waals surface area contributed by atoms with Crippen molar-refractivity contribution >= 4 is 29.3 Å². The van der Waals surface area contributed by atoms with E-state index in [-0.39, 0.29) is 6.03 Å². The summed E-state index contributed by atoms with van der Waals surface area (Å²) in [5.41, 5.74) is 2.52. The number of aromatic nitrogens is 4. The van der Waals surface area contributed by atoms with Gasteiger partial charge in [0, 0.05) is 55.6 Å². The number of carbonyl (C=O) groups is 1. The van der Waals surface area contributed by atoms with E-state index in [0.29, 0.717) is 30.5 Å². The number of nitrogens with one attached hydrogen (secondary N) is 3. The van der Waals surface area contributed by atoms with Gasteiger partial charge in [0.1, 0.15) is 5.82 Å². The van der Waals surface area contributed by atoms with Gasteiger partial charge in [-0.25, -0.2) is 19.7 Å². The lowest BCUT2D eigenvalue weighted by Crippen LogP contribution is -2.37. The van der Waals surface area contributed by atoms with Gasteiger partial charge in [-0.1, -0.05) is 11.8 Å². The van der Waals surface area contributed by atoms with Crippen LogP contribution in [0.2, 0.25) is 0 Å². The minimum Gasteiger partial charge on any atom is -0.378 e. The van der Waals surface area contributed by atoms with E-state index >= 15 is 0 Å². The van der Waals surface area contributed by atoms with Crippen molar-refractivity contribution < 1.29 is 9.53 Å². The number of urea groups is 1. The standard InChI is InChI=1S/C20H23N7O2S/c1-21-19(28)25-15-4-2-14(3-5-15)18-24-16(13-30-20-22-6-7-23-20)12-17(26-18)27-8-10-29-11-9-27/h2-7,12H,8-11,13H2,1H3,(H,22,23)(H2,21,25,28). The van der Waals surface area contributed by atoms with Gasteiger partial charge < -0.3 is 25.3 Å². The number of rotatable bonds is 6. The second-order valence-electron chi connectivity index (χ2n) is 6.60. The highest BCUT2D eigenvalue weighted by Crippen LogP contribution is 2.25. The van der Waals surface area contributed by atoms with Crippen LogP contribution >= 0.6 is 11.8 Å². The molecule has 9 nitrogen and oxygen atoms in total. The highest BCUT2D eigenvalue weighted by molar-refractivity contribution is 7.98. The maximum Gasteiger partial charge on any atom is 0.318 e. The molecular formula is C20H23N7O2S. The number of imidazole rings is 1. The molecule has 0 unspecified atom stereocenters. The third-order valence-electron chi connectivity index (χ3n) is 4.56. The monoisotopic (exact) mass is 425 g/mol. The number of nitrogens with zero attached hydrogens (tertiary/aromatic N) is 4.